The van der Waals surface area contributed by atoms with Gasteiger partial charge in [0, 0.05) is 5.69 Å². The number of azo groups is 1. The molecule has 7 heteroatoms. The molecule has 0 radical (unpaired) electrons. The molecule has 26 heavy (non-hydrogen) atoms. The number of ether oxygens (including phenoxy) is 1. The summed E-state index contributed by atoms with van der Waals surface area (Å²) in [4.78, 5) is 1.56. The third-order valence-corrected chi connectivity index (χ3v) is 4.37. The fraction of sp³-hybridized carbons (Fsp3) is 0.316. The summed E-state index contributed by atoms with van der Waals surface area (Å²) in [6.45, 7) is 5.74. The highest BCUT2D eigenvalue weighted by Crippen LogP contribution is 2.19. The van der Waals surface area contributed by atoms with Gasteiger partial charge in [0.25, 0.3) is 0 Å². The number of hydrogen-bond acceptors (Lipinski definition) is 4. The predicted octanol–water partition coefficient (Wildman–Crippen LogP) is 2.30. The minimum atomic E-state index is 0.635. The maximum Gasteiger partial charge on any atom is 0.170 e. The molecule has 0 bridgehead atoms. The summed E-state index contributed by atoms with van der Waals surface area (Å²) < 4.78 is 5.36. The molecule has 0 spiro atoms. The topological polar surface area (TPSA) is 62.4 Å². The Balaban J connectivity index is 1.41. The maximum atomic E-state index is 5.36. The molecule has 0 amide bonds. The van der Waals surface area contributed by atoms with Gasteiger partial charge in [-0.15, -0.1) is 0 Å². The number of morpholine rings is 1. The molecule has 6 nitrogen and oxygen atoms in total. The van der Waals surface area contributed by atoms with Crippen LogP contribution in [-0.2, 0) is 4.74 Å². The number of nitrogens with one attached hydrogen (secondary N) is 3. The van der Waals surface area contributed by atoms with Crippen LogP contribution in [0.15, 0.2) is 64.8 Å². The number of anilines is 1. The first-order valence-electron chi connectivity index (χ1n) is 8.82. The van der Waals surface area contributed by atoms with Gasteiger partial charge < -0.3 is 20.3 Å². The number of benzene rings is 2. The zero-order valence-electron chi connectivity index (χ0n) is 14.6. The molecule has 0 aliphatic carbocycles. The van der Waals surface area contributed by atoms with Crippen molar-refractivity contribution in [3.05, 3.63) is 54.6 Å². The van der Waals surface area contributed by atoms with Crippen LogP contribution in [0.25, 0.3) is 0 Å². The normalized spacial score (nSPS) is 15.1. The van der Waals surface area contributed by atoms with Crippen LogP contribution in [0.4, 0.5) is 17.1 Å². The van der Waals surface area contributed by atoms with Crippen LogP contribution >= 0.6 is 12.2 Å². The van der Waals surface area contributed by atoms with E-state index in [9.17, 15) is 0 Å². The zero-order valence-corrected chi connectivity index (χ0v) is 15.5. The number of thiocarbonyl (C=S) groups is 1. The third kappa shape index (κ3) is 6.18. The SMILES string of the molecule is S=C(NCC[NH+]1CCOCC1)Nc1ccc(N=Nc2ccccc2)cc1. The summed E-state index contributed by atoms with van der Waals surface area (Å²) in [5.74, 6) is 0. The second kappa shape index (κ2) is 9.96. The van der Waals surface area contributed by atoms with Crippen molar-refractivity contribution in [3.8, 4) is 0 Å². The summed E-state index contributed by atoms with van der Waals surface area (Å²) in [7, 11) is 0. The molecule has 1 fully saturated rings. The summed E-state index contributed by atoms with van der Waals surface area (Å²) in [6, 6.07) is 17.4. The van der Waals surface area contributed by atoms with Crippen LogP contribution < -0.4 is 15.5 Å². The van der Waals surface area contributed by atoms with Crippen molar-refractivity contribution >= 4 is 34.4 Å². The van der Waals surface area contributed by atoms with Gasteiger partial charge in [0.2, 0.25) is 0 Å². The lowest BCUT2D eigenvalue weighted by Crippen LogP contribution is -3.14. The van der Waals surface area contributed by atoms with Crippen LogP contribution in [0.3, 0.4) is 0 Å². The van der Waals surface area contributed by atoms with Gasteiger partial charge in [0.15, 0.2) is 5.11 Å². The molecule has 1 heterocycles. The second-order valence-corrected chi connectivity index (χ2v) is 6.48. The van der Waals surface area contributed by atoms with E-state index in [-0.39, 0.29) is 0 Å². The van der Waals surface area contributed by atoms with E-state index in [1.807, 2.05) is 54.6 Å². The molecule has 1 aliphatic heterocycles. The Labute approximate surface area is 159 Å². The molecule has 0 saturated carbocycles. The highest BCUT2D eigenvalue weighted by atomic mass is 32.1. The average molecular weight is 371 g/mol. The van der Waals surface area contributed by atoms with Gasteiger partial charge in [-0.05, 0) is 48.6 Å². The van der Waals surface area contributed by atoms with Crippen LogP contribution in [0.2, 0.25) is 0 Å². The molecule has 1 saturated heterocycles. The fourth-order valence-electron chi connectivity index (χ4n) is 2.66. The number of quaternary nitrogens is 1. The monoisotopic (exact) mass is 370 g/mol. The molecular formula is C19H24N5OS+. The predicted molar refractivity (Wildman–Crippen MR) is 108 cm³/mol. The van der Waals surface area contributed by atoms with Crippen LogP contribution in [0.1, 0.15) is 0 Å². The standard InChI is InChI=1S/C19H23N5OS/c26-19(20-10-11-24-12-14-25-15-13-24)21-16-6-8-18(9-7-16)23-22-17-4-2-1-3-5-17/h1-9H,10-15H2,(H2,20,21,26)/p+1. The van der Waals surface area contributed by atoms with Crippen LogP contribution in [0.5, 0.6) is 0 Å². The molecule has 1 aliphatic rings. The second-order valence-electron chi connectivity index (χ2n) is 6.08. The van der Waals surface area contributed by atoms with E-state index in [0.717, 1.165) is 56.5 Å². The highest BCUT2D eigenvalue weighted by molar-refractivity contribution is 7.80. The van der Waals surface area contributed by atoms with Gasteiger partial charge in [-0.25, -0.2) is 0 Å². The molecule has 136 valence electrons. The highest BCUT2D eigenvalue weighted by Gasteiger charge is 2.12. The van der Waals surface area contributed by atoms with Gasteiger partial charge in [-0.3, -0.25) is 0 Å². The van der Waals surface area contributed by atoms with E-state index in [4.69, 9.17) is 17.0 Å². The number of rotatable bonds is 6. The molecule has 0 unspecified atom stereocenters. The molecule has 3 N–H and O–H groups in total. The Hall–Kier alpha value is -2.35. The number of nitrogens with zero attached hydrogens (tertiary/aromatic N) is 2. The molecular weight excluding hydrogens is 346 g/mol. The molecule has 2 aromatic carbocycles. The lowest BCUT2D eigenvalue weighted by atomic mass is 10.3. The number of hydrogen-bond donors (Lipinski definition) is 3. The van der Waals surface area contributed by atoms with Crippen molar-refractivity contribution in [1.82, 2.24) is 5.32 Å². The van der Waals surface area contributed by atoms with Gasteiger partial charge in [-0.1, -0.05) is 18.2 Å². The quantitative estimate of drug-likeness (QED) is 0.539. The lowest BCUT2D eigenvalue weighted by molar-refractivity contribution is -0.906. The van der Waals surface area contributed by atoms with Crippen molar-refractivity contribution in [2.45, 2.75) is 0 Å². The maximum absolute atomic E-state index is 5.36. The molecule has 0 atom stereocenters. The van der Waals surface area contributed by atoms with Gasteiger partial charge >= 0.3 is 0 Å². The smallest absolute Gasteiger partial charge is 0.170 e. The Morgan fingerprint density at radius 1 is 0.962 bits per heavy atom. The summed E-state index contributed by atoms with van der Waals surface area (Å²) >= 11 is 5.35. The fourth-order valence-corrected chi connectivity index (χ4v) is 2.88. The van der Waals surface area contributed by atoms with E-state index in [0.29, 0.717) is 5.11 Å². The lowest BCUT2D eigenvalue weighted by Gasteiger charge is -2.24. The van der Waals surface area contributed by atoms with Crippen LogP contribution in [-0.4, -0.2) is 44.5 Å². The van der Waals surface area contributed by atoms with Gasteiger partial charge in [0.1, 0.15) is 13.1 Å². The molecule has 3 rings (SSSR count). The van der Waals surface area contributed by atoms with E-state index in [1.165, 1.54) is 0 Å². The Morgan fingerprint density at radius 2 is 1.62 bits per heavy atom. The molecule has 0 aromatic heterocycles. The van der Waals surface area contributed by atoms with E-state index in [1.54, 1.807) is 4.90 Å². The first-order chi connectivity index (χ1) is 12.8. The van der Waals surface area contributed by atoms with E-state index < -0.39 is 0 Å². The average Bonchev–Trinajstić information content (AvgIpc) is 2.69. The first-order valence-corrected chi connectivity index (χ1v) is 9.23. The summed E-state index contributed by atoms with van der Waals surface area (Å²) in [6.07, 6.45) is 0. The zero-order chi connectivity index (χ0) is 18.0. The Morgan fingerprint density at radius 3 is 2.31 bits per heavy atom. The van der Waals surface area contributed by atoms with Crippen molar-refractivity contribution in [2.75, 3.05) is 44.7 Å². The Bertz CT molecular complexity index is 714. The van der Waals surface area contributed by atoms with Gasteiger partial charge in [0.05, 0.1) is 37.7 Å². The van der Waals surface area contributed by atoms with Crippen molar-refractivity contribution in [1.29, 1.82) is 0 Å². The van der Waals surface area contributed by atoms with E-state index >= 15 is 0 Å². The largest absolute Gasteiger partial charge is 0.370 e. The minimum absolute atomic E-state index is 0.635. The summed E-state index contributed by atoms with van der Waals surface area (Å²) in [5, 5.41) is 15.5. The van der Waals surface area contributed by atoms with Gasteiger partial charge in [-0.2, -0.15) is 10.2 Å². The van der Waals surface area contributed by atoms with Crippen molar-refractivity contribution < 1.29 is 9.64 Å². The third-order valence-electron chi connectivity index (χ3n) is 4.13. The molecule has 2 aromatic rings. The van der Waals surface area contributed by atoms with Crippen molar-refractivity contribution in [2.24, 2.45) is 10.2 Å². The summed E-state index contributed by atoms with van der Waals surface area (Å²) in [5.41, 5.74) is 2.57. The van der Waals surface area contributed by atoms with Crippen molar-refractivity contribution in [3.63, 3.8) is 0 Å². The minimum Gasteiger partial charge on any atom is -0.370 e. The first kappa shape index (κ1) is 18.4. The Kier molecular flexibility index (Phi) is 7.06. The van der Waals surface area contributed by atoms with Crippen LogP contribution in [0, 0.1) is 0 Å². The van der Waals surface area contributed by atoms with E-state index in [2.05, 4.69) is 20.9 Å².